The molecule has 1 N–H and O–H groups in total. The number of hydrogen-bond acceptors (Lipinski definition) is 3. The summed E-state index contributed by atoms with van der Waals surface area (Å²) in [5.74, 6) is 0.367. The van der Waals surface area contributed by atoms with Crippen molar-refractivity contribution in [3.63, 3.8) is 0 Å². The summed E-state index contributed by atoms with van der Waals surface area (Å²) in [7, 11) is 0. The Morgan fingerprint density at radius 3 is 2.50 bits per heavy atom. The van der Waals surface area contributed by atoms with Crippen LogP contribution in [0.1, 0.15) is 69.1 Å². The van der Waals surface area contributed by atoms with Crippen LogP contribution in [0.5, 0.6) is 5.75 Å². The van der Waals surface area contributed by atoms with Gasteiger partial charge in [0.1, 0.15) is 11.8 Å². The maximum Gasteiger partial charge on any atom is 0.261 e. The number of aryl methyl sites for hydroxylation is 2. The van der Waals surface area contributed by atoms with Gasteiger partial charge in [-0.1, -0.05) is 63.4 Å². The molecule has 6 heteroatoms. The quantitative estimate of drug-likeness (QED) is 0.414. The van der Waals surface area contributed by atoms with Crippen molar-refractivity contribution in [2.24, 2.45) is 0 Å². The van der Waals surface area contributed by atoms with Crippen molar-refractivity contribution in [2.75, 3.05) is 6.61 Å². The van der Waals surface area contributed by atoms with Gasteiger partial charge in [-0.25, -0.2) is 0 Å². The van der Waals surface area contributed by atoms with Gasteiger partial charge < -0.3 is 15.0 Å². The first-order chi connectivity index (χ1) is 16.4. The molecule has 0 bridgehead atoms. The molecule has 1 aliphatic rings. The van der Waals surface area contributed by atoms with Crippen molar-refractivity contribution in [3.8, 4) is 5.75 Å². The Hall–Kier alpha value is -2.34. The van der Waals surface area contributed by atoms with E-state index in [4.69, 9.17) is 4.74 Å². The number of hydrogen-bond donors (Lipinski definition) is 1. The molecule has 3 rings (SSSR count). The first kappa shape index (κ1) is 26.3. The number of carbonyl (C=O) groups is 2. The van der Waals surface area contributed by atoms with Gasteiger partial charge >= 0.3 is 0 Å². The zero-order valence-electron chi connectivity index (χ0n) is 20.6. The molecule has 1 fully saturated rings. The Kier molecular flexibility index (Phi) is 10.00. The Bertz CT molecular complexity index is 972. The van der Waals surface area contributed by atoms with Crippen LogP contribution in [-0.2, 0) is 22.6 Å². The minimum absolute atomic E-state index is 0.0650. The van der Waals surface area contributed by atoms with Crippen molar-refractivity contribution < 1.29 is 14.3 Å². The van der Waals surface area contributed by atoms with E-state index in [9.17, 15) is 9.59 Å². The van der Waals surface area contributed by atoms with Gasteiger partial charge in [0.25, 0.3) is 5.91 Å². The number of halogens is 1. The molecule has 5 nitrogen and oxygen atoms in total. The minimum Gasteiger partial charge on any atom is -0.483 e. The molecule has 2 aromatic rings. The molecule has 34 heavy (non-hydrogen) atoms. The molecular formula is C28H37BrN2O3. The summed E-state index contributed by atoms with van der Waals surface area (Å²) in [5.41, 5.74) is 3.33. The summed E-state index contributed by atoms with van der Waals surface area (Å²) in [6, 6.07) is 13.6. The summed E-state index contributed by atoms with van der Waals surface area (Å²) in [6.45, 7) is 6.34. The Morgan fingerprint density at radius 1 is 1.12 bits per heavy atom. The maximum absolute atomic E-state index is 13.5. The lowest BCUT2D eigenvalue weighted by Gasteiger charge is -2.33. The van der Waals surface area contributed by atoms with Gasteiger partial charge in [-0.2, -0.15) is 0 Å². The van der Waals surface area contributed by atoms with Crippen LogP contribution < -0.4 is 10.1 Å². The van der Waals surface area contributed by atoms with Gasteiger partial charge in [-0.05, 0) is 77.4 Å². The van der Waals surface area contributed by atoms with Crippen LogP contribution in [-0.4, -0.2) is 35.4 Å². The zero-order chi connectivity index (χ0) is 24.5. The van der Waals surface area contributed by atoms with Crippen molar-refractivity contribution in [1.29, 1.82) is 0 Å². The summed E-state index contributed by atoms with van der Waals surface area (Å²) in [6.07, 6.45) is 7.02. The van der Waals surface area contributed by atoms with Gasteiger partial charge in [-0.3, -0.25) is 9.59 Å². The van der Waals surface area contributed by atoms with Crippen LogP contribution in [0.3, 0.4) is 0 Å². The second kappa shape index (κ2) is 12.9. The van der Waals surface area contributed by atoms with Crippen molar-refractivity contribution in [1.82, 2.24) is 10.2 Å². The van der Waals surface area contributed by atoms with Crippen molar-refractivity contribution in [3.05, 3.63) is 63.6 Å². The van der Waals surface area contributed by atoms with Crippen LogP contribution in [0.4, 0.5) is 0 Å². The number of nitrogens with zero attached hydrogens (tertiary/aromatic N) is 1. The highest BCUT2D eigenvalue weighted by Gasteiger charge is 2.31. The lowest BCUT2D eigenvalue weighted by atomic mass is 9.95. The number of benzene rings is 2. The Morgan fingerprint density at radius 2 is 1.85 bits per heavy atom. The highest BCUT2D eigenvalue weighted by Crippen LogP contribution is 2.27. The average Bonchev–Trinajstić information content (AvgIpc) is 2.84. The number of ether oxygens (including phenoxy) is 1. The molecule has 0 heterocycles. The molecule has 1 atom stereocenters. The van der Waals surface area contributed by atoms with Gasteiger partial charge in [0.05, 0.1) is 4.47 Å². The van der Waals surface area contributed by atoms with E-state index in [1.54, 1.807) is 4.90 Å². The highest BCUT2D eigenvalue weighted by molar-refractivity contribution is 9.10. The normalized spacial score (nSPS) is 14.9. The first-order valence-electron chi connectivity index (χ1n) is 12.5. The van der Waals surface area contributed by atoms with Crippen LogP contribution >= 0.6 is 15.9 Å². The van der Waals surface area contributed by atoms with E-state index in [2.05, 4.69) is 28.2 Å². The predicted molar refractivity (Wildman–Crippen MR) is 140 cm³/mol. The monoisotopic (exact) mass is 528 g/mol. The molecule has 2 aromatic carbocycles. The van der Waals surface area contributed by atoms with Crippen LogP contribution in [0.15, 0.2) is 46.9 Å². The molecule has 0 unspecified atom stereocenters. The van der Waals surface area contributed by atoms with E-state index in [0.29, 0.717) is 18.7 Å². The predicted octanol–water partition coefficient (Wildman–Crippen LogP) is 5.96. The number of carbonyl (C=O) groups excluding carboxylic acids is 2. The van der Waals surface area contributed by atoms with Crippen LogP contribution in [0.25, 0.3) is 0 Å². The number of nitrogens with one attached hydrogen (secondary N) is 1. The topological polar surface area (TPSA) is 58.6 Å². The molecule has 0 aliphatic heterocycles. The third-order valence-corrected chi connectivity index (χ3v) is 7.31. The molecule has 184 valence electrons. The zero-order valence-corrected chi connectivity index (χ0v) is 22.2. The van der Waals surface area contributed by atoms with Crippen molar-refractivity contribution in [2.45, 2.75) is 84.3 Å². The third-order valence-electron chi connectivity index (χ3n) is 6.70. The van der Waals surface area contributed by atoms with Gasteiger partial charge in [-0.15, -0.1) is 0 Å². The Labute approximate surface area is 212 Å². The average molecular weight is 530 g/mol. The summed E-state index contributed by atoms with van der Waals surface area (Å²) < 4.78 is 6.73. The fraction of sp³-hybridized carbons (Fsp3) is 0.500. The SMILES string of the molecule is CCc1ccc(OCC(=O)N(Cc2ccccc2C)[C@H](CC)C(=O)NC2CCCCC2)c(Br)c1. The van der Waals surface area contributed by atoms with E-state index < -0.39 is 6.04 Å². The van der Waals surface area contributed by atoms with E-state index in [1.165, 1.54) is 12.0 Å². The third kappa shape index (κ3) is 7.08. The standard InChI is InChI=1S/C28H37BrN2O3/c1-4-21-15-16-26(24(29)17-21)34-19-27(32)31(18-22-12-10-9-11-20(22)3)25(5-2)28(33)30-23-13-7-6-8-14-23/h9-12,15-17,23,25H,4-8,13-14,18-19H2,1-3H3,(H,30,33)/t25-/m1/s1. The van der Waals surface area contributed by atoms with E-state index >= 15 is 0 Å². The van der Waals surface area contributed by atoms with Gasteiger partial charge in [0.2, 0.25) is 5.91 Å². The minimum atomic E-state index is -0.538. The summed E-state index contributed by atoms with van der Waals surface area (Å²) in [5, 5.41) is 3.22. The second-order valence-electron chi connectivity index (χ2n) is 9.12. The lowest BCUT2D eigenvalue weighted by Crippen LogP contribution is -2.52. The van der Waals surface area contributed by atoms with Gasteiger partial charge in [0, 0.05) is 12.6 Å². The molecule has 0 spiro atoms. The second-order valence-corrected chi connectivity index (χ2v) is 9.98. The first-order valence-corrected chi connectivity index (χ1v) is 13.3. The fourth-order valence-electron chi connectivity index (χ4n) is 4.54. The summed E-state index contributed by atoms with van der Waals surface area (Å²) in [4.78, 5) is 28.5. The molecule has 1 saturated carbocycles. The molecule has 0 radical (unpaired) electrons. The Balaban J connectivity index is 1.77. The van der Waals surface area contributed by atoms with E-state index in [0.717, 1.165) is 47.7 Å². The molecular weight excluding hydrogens is 492 g/mol. The number of amides is 2. The molecule has 1 aliphatic carbocycles. The highest BCUT2D eigenvalue weighted by atomic mass is 79.9. The van der Waals surface area contributed by atoms with Crippen molar-refractivity contribution >= 4 is 27.7 Å². The molecule has 2 amide bonds. The lowest BCUT2D eigenvalue weighted by molar-refractivity contribution is -0.143. The number of rotatable bonds is 10. The smallest absolute Gasteiger partial charge is 0.261 e. The molecule has 0 aromatic heterocycles. The van der Waals surface area contributed by atoms with Crippen LogP contribution in [0.2, 0.25) is 0 Å². The van der Waals surface area contributed by atoms with E-state index in [1.807, 2.05) is 56.3 Å². The van der Waals surface area contributed by atoms with Gasteiger partial charge in [0.15, 0.2) is 6.61 Å². The summed E-state index contributed by atoms with van der Waals surface area (Å²) >= 11 is 3.55. The molecule has 0 saturated heterocycles. The fourth-order valence-corrected chi connectivity index (χ4v) is 5.08. The maximum atomic E-state index is 13.5. The van der Waals surface area contributed by atoms with Crippen LogP contribution in [0, 0.1) is 6.92 Å². The van der Waals surface area contributed by atoms with E-state index in [-0.39, 0.29) is 24.5 Å². The largest absolute Gasteiger partial charge is 0.483 e.